The molecule has 0 saturated carbocycles. The Morgan fingerprint density at radius 1 is 1.40 bits per heavy atom. The number of hydrogen-bond acceptors (Lipinski definition) is 3. The van der Waals surface area contributed by atoms with Gasteiger partial charge in [0, 0.05) is 0 Å². The van der Waals surface area contributed by atoms with E-state index in [0.29, 0.717) is 19.1 Å². The molecule has 0 heterocycles. The average Bonchev–Trinajstić information content (AvgIpc) is 2.67. The molecule has 1 N–H and O–H groups in total. The van der Waals surface area contributed by atoms with Crippen LogP contribution < -0.4 is 0 Å². The lowest BCUT2D eigenvalue weighted by atomic mass is 9.81. The maximum Gasteiger partial charge on any atom is 0.150 e. The highest BCUT2D eigenvalue weighted by Crippen LogP contribution is 2.38. The van der Waals surface area contributed by atoms with Gasteiger partial charge in [-0.25, -0.2) is 0 Å². The molecule has 1 aromatic rings. The number of fused-ring (bicyclic) bond motifs is 1. The van der Waals surface area contributed by atoms with Crippen LogP contribution in [-0.2, 0) is 17.6 Å². The molecule has 1 aliphatic carbocycles. The van der Waals surface area contributed by atoms with Crippen molar-refractivity contribution in [3.63, 3.8) is 0 Å². The molecule has 3 nitrogen and oxygen atoms in total. The van der Waals surface area contributed by atoms with Crippen molar-refractivity contribution in [1.82, 2.24) is 0 Å². The average molecular weight is 201 g/mol. The van der Waals surface area contributed by atoms with Crippen LogP contribution in [0, 0.1) is 16.7 Å². The molecule has 15 heavy (non-hydrogen) atoms. The molecule has 1 aromatic carbocycles. The Bertz CT molecular complexity index is 408. The van der Waals surface area contributed by atoms with Gasteiger partial charge in [-0.05, 0) is 24.0 Å². The van der Waals surface area contributed by atoms with Gasteiger partial charge in [0.05, 0.1) is 11.5 Å². The lowest BCUT2D eigenvalue weighted by Crippen LogP contribution is -2.35. The maximum absolute atomic E-state index is 10.6. The molecule has 0 spiro atoms. The number of nitriles is 1. The van der Waals surface area contributed by atoms with Gasteiger partial charge < -0.3 is 9.90 Å². The van der Waals surface area contributed by atoms with Gasteiger partial charge in [0.15, 0.2) is 0 Å². The molecular weight excluding hydrogens is 190 g/mol. The van der Waals surface area contributed by atoms with E-state index in [2.05, 4.69) is 6.07 Å². The summed E-state index contributed by atoms with van der Waals surface area (Å²) >= 11 is 0. The van der Waals surface area contributed by atoms with Crippen LogP contribution in [0.3, 0.4) is 0 Å². The van der Waals surface area contributed by atoms with E-state index >= 15 is 0 Å². The second-order valence-electron chi connectivity index (χ2n) is 3.97. The second kappa shape index (κ2) is 3.48. The first kappa shape index (κ1) is 9.88. The summed E-state index contributed by atoms with van der Waals surface area (Å²) < 4.78 is 0. The molecule has 0 radical (unpaired) electrons. The van der Waals surface area contributed by atoms with E-state index in [-0.39, 0.29) is 0 Å². The van der Waals surface area contributed by atoms with Gasteiger partial charge in [-0.2, -0.15) is 5.26 Å². The zero-order valence-electron chi connectivity index (χ0n) is 8.18. The predicted molar refractivity (Wildman–Crippen MR) is 54.0 cm³/mol. The highest BCUT2D eigenvalue weighted by Gasteiger charge is 2.43. The maximum atomic E-state index is 10.6. The van der Waals surface area contributed by atoms with Crippen molar-refractivity contribution in [1.29, 1.82) is 5.26 Å². The van der Waals surface area contributed by atoms with E-state index in [4.69, 9.17) is 5.26 Å². The van der Waals surface area contributed by atoms with Crippen LogP contribution in [-0.4, -0.2) is 17.5 Å². The molecule has 0 aromatic heterocycles. The van der Waals surface area contributed by atoms with E-state index in [1.165, 1.54) is 0 Å². The van der Waals surface area contributed by atoms with Crippen molar-refractivity contribution < 1.29 is 9.90 Å². The molecule has 2 rings (SSSR count). The van der Waals surface area contributed by atoms with Gasteiger partial charge >= 0.3 is 0 Å². The van der Waals surface area contributed by atoms with Gasteiger partial charge in [-0.1, -0.05) is 24.3 Å². The Labute approximate surface area is 88.0 Å². The number of aliphatic hydroxyl groups excluding tert-OH is 1. The van der Waals surface area contributed by atoms with E-state index in [0.717, 1.165) is 11.1 Å². The summed E-state index contributed by atoms with van der Waals surface area (Å²) in [6.45, 7) is 0. The van der Waals surface area contributed by atoms with Crippen LogP contribution >= 0.6 is 0 Å². The summed E-state index contributed by atoms with van der Waals surface area (Å²) in [6.07, 6.45) is 0.170. The topological polar surface area (TPSA) is 61.1 Å². The van der Waals surface area contributed by atoms with E-state index < -0.39 is 11.5 Å². The fraction of sp³-hybridized carbons (Fsp3) is 0.333. The standard InChI is InChI=1S/C12H11NO2/c13-8-12(11(15)7-14)5-9-3-1-2-4-10(9)6-12/h1-4,7,11,15H,5-6H2. The summed E-state index contributed by atoms with van der Waals surface area (Å²) in [5, 5.41) is 18.7. The van der Waals surface area contributed by atoms with Crippen molar-refractivity contribution in [2.75, 3.05) is 0 Å². The molecule has 1 aliphatic rings. The van der Waals surface area contributed by atoms with Gasteiger partial charge in [0.2, 0.25) is 0 Å². The number of rotatable bonds is 2. The zero-order valence-corrected chi connectivity index (χ0v) is 8.18. The summed E-state index contributed by atoms with van der Waals surface area (Å²) in [5.41, 5.74) is 1.16. The number of benzene rings is 1. The molecular formula is C12H11NO2. The zero-order chi connectivity index (χ0) is 10.9. The van der Waals surface area contributed by atoms with Crippen LogP contribution in [0.15, 0.2) is 24.3 Å². The Kier molecular flexibility index (Phi) is 2.29. The summed E-state index contributed by atoms with van der Waals surface area (Å²) in [5.74, 6) is 0. The SMILES string of the molecule is N#CC1(C(O)C=O)Cc2ccccc2C1. The normalized spacial score (nSPS) is 18.9. The minimum Gasteiger partial charge on any atom is -0.384 e. The number of aliphatic hydroxyl groups is 1. The van der Waals surface area contributed by atoms with E-state index in [1.54, 1.807) is 0 Å². The highest BCUT2D eigenvalue weighted by atomic mass is 16.3. The van der Waals surface area contributed by atoms with Crippen LogP contribution in [0.4, 0.5) is 0 Å². The van der Waals surface area contributed by atoms with Crippen LogP contribution in [0.1, 0.15) is 11.1 Å². The summed E-state index contributed by atoms with van der Waals surface area (Å²) in [4.78, 5) is 10.6. The Morgan fingerprint density at radius 2 is 1.93 bits per heavy atom. The summed E-state index contributed by atoms with van der Waals surface area (Å²) in [6, 6.07) is 9.77. The van der Waals surface area contributed by atoms with Crippen molar-refractivity contribution in [2.45, 2.75) is 18.9 Å². The van der Waals surface area contributed by atoms with Gasteiger partial charge in [-0.3, -0.25) is 0 Å². The van der Waals surface area contributed by atoms with Gasteiger partial charge in [0.1, 0.15) is 12.4 Å². The smallest absolute Gasteiger partial charge is 0.150 e. The molecule has 0 bridgehead atoms. The number of nitrogens with zero attached hydrogens (tertiary/aromatic N) is 1. The van der Waals surface area contributed by atoms with Crippen molar-refractivity contribution in [3.8, 4) is 6.07 Å². The van der Waals surface area contributed by atoms with Crippen LogP contribution in [0.5, 0.6) is 0 Å². The third-order valence-corrected chi connectivity index (χ3v) is 3.05. The molecule has 0 fully saturated rings. The van der Waals surface area contributed by atoms with E-state index in [1.807, 2.05) is 24.3 Å². The molecule has 0 amide bonds. The second-order valence-corrected chi connectivity index (χ2v) is 3.97. The lowest BCUT2D eigenvalue weighted by molar-refractivity contribution is -0.119. The fourth-order valence-electron chi connectivity index (χ4n) is 2.13. The van der Waals surface area contributed by atoms with Crippen LogP contribution in [0.25, 0.3) is 0 Å². The third-order valence-electron chi connectivity index (χ3n) is 3.05. The number of carbonyl (C=O) groups is 1. The fourth-order valence-corrected chi connectivity index (χ4v) is 2.13. The monoisotopic (exact) mass is 201 g/mol. The lowest BCUT2D eigenvalue weighted by Gasteiger charge is -2.22. The molecule has 1 atom stereocenters. The first-order valence-corrected chi connectivity index (χ1v) is 4.83. The van der Waals surface area contributed by atoms with Gasteiger partial charge in [-0.15, -0.1) is 0 Å². The quantitative estimate of drug-likeness (QED) is 0.722. The Hall–Kier alpha value is -1.66. The summed E-state index contributed by atoms with van der Waals surface area (Å²) in [7, 11) is 0. The molecule has 0 aliphatic heterocycles. The first-order valence-electron chi connectivity index (χ1n) is 4.83. The molecule has 3 heteroatoms. The van der Waals surface area contributed by atoms with Crippen LogP contribution in [0.2, 0.25) is 0 Å². The molecule has 0 saturated heterocycles. The Balaban J connectivity index is 2.38. The first-order chi connectivity index (χ1) is 7.22. The molecule has 1 unspecified atom stereocenters. The number of hydrogen-bond donors (Lipinski definition) is 1. The third kappa shape index (κ3) is 1.43. The largest absolute Gasteiger partial charge is 0.384 e. The number of aldehydes is 1. The van der Waals surface area contributed by atoms with Crippen molar-refractivity contribution >= 4 is 6.29 Å². The highest BCUT2D eigenvalue weighted by molar-refractivity contribution is 5.60. The minimum atomic E-state index is -1.20. The molecule has 76 valence electrons. The van der Waals surface area contributed by atoms with Crippen molar-refractivity contribution in [2.24, 2.45) is 5.41 Å². The Morgan fingerprint density at radius 3 is 2.33 bits per heavy atom. The number of carbonyl (C=O) groups excluding carboxylic acids is 1. The van der Waals surface area contributed by atoms with Crippen molar-refractivity contribution in [3.05, 3.63) is 35.4 Å². The van der Waals surface area contributed by atoms with Gasteiger partial charge in [0.25, 0.3) is 0 Å². The predicted octanol–water partition coefficient (Wildman–Crippen LogP) is 0.855. The van der Waals surface area contributed by atoms with E-state index in [9.17, 15) is 9.90 Å². The minimum absolute atomic E-state index is 0.453.